The first-order chi connectivity index (χ1) is 9.85. The van der Waals surface area contributed by atoms with Crippen molar-refractivity contribution in [2.75, 3.05) is 13.7 Å². The van der Waals surface area contributed by atoms with Crippen LogP contribution >= 0.6 is 11.6 Å². The maximum absolute atomic E-state index is 11.9. The lowest BCUT2D eigenvalue weighted by atomic mass is 10.0. The Bertz CT molecular complexity index is 516. The third kappa shape index (κ3) is 5.27. The van der Waals surface area contributed by atoms with Gasteiger partial charge >= 0.3 is 5.97 Å². The number of esters is 1. The Hall–Kier alpha value is -1.75. The maximum atomic E-state index is 11.9. The minimum Gasteiger partial charge on any atom is -0.484 e. The summed E-state index contributed by atoms with van der Waals surface area (Å²) in [7, 11) is 1.29. The van der Waals surface area contributed by atoms with Gasteiger partial charge in [0.2, 0.25) is 0 Å². The number of benzene rings is 1. The Balaban J connectivity index is 2.58. The van der Waals surface area contributed by atoms with Crippen LogP contribution in [0.25, 0.3) is 0 Å². The van der Waals surface area contributed by atoms with Gasteiger partial charge in [-0.2, -0.15) is 0 Å². The number of carbonyl (C=O) groups is 2. The molecule has 0 fully saturated rings. The molecule has 0 aromatic heterocycles. The van der Waals surface area contributed by atoms with Crippen molar-refractivity contribution < 1.29 is 19.1 Å². The number of methoxy groups -OCH3 is 1. The van der Waals surface area contributed by atoms with Crippen LogP contribution in [0.1, 0.15) is 19.4 Å². The van der Waals surface area contributed by atoms with Crippen LogP contribution in [0.15, 0.2) is 18.2 Å². The predicted molar refractivity (Wildman–Crippen MR) is 80.5 cm³/mol. The van der Waals surface area contributed by atoms with Gasteiger partial charge in [0.1, 0.15) is 11.8 Å². The molecule has 6 heteroatoms. The number of ether oxygens (including phenoxy) is 2. The summed E-state index contributed by atoms with van der Waals surface area (Å²) in [6, 6.07) is 4.45. The first-order valence-electron chi connectivity index (χ1n) is 6.61. The average molecular weight is 314 g/mol. The van der Waals surface area contributed by atoms with Gasteiger partial charge in [-0.3, -0.25) is 4.79 Å². The minimum absolute atomic E-state index is 0.0707. The first kappa shape index (κ1) is 17.3. The van der Waals surface area contributed by atoms with E-state index in [1.807, 2.05) is 20.8 Å². The second-order valence-electron chi connectivity index (χ2n) is 5.01. The molecule has 0 aliphatic rings. The highest BCUT2D eigenvalue weighted by Crippen LogP contribution is 2.21. The molecule has 1 aromatic carbocycles. The van der Waals surface area contributed by atoms with Crippen LogP contribution in [0.2, 0.25) is 5.02 Å². The van der Waals surface area contributed by atoms with Gasteiger partial charge < -0.3 is 14.8 Å². The van der Waals surface area contributed by atoms with Crippen molar-refractivity contribution >= 4 is 23.5 Å². The lowest BCUT2D eigenvalue weighted by molar-refractivity contribution is -0.146. The number of hydrogen-bond donors (Lipinski definition) is 1. The van der Waals surface area contributed by atoms with Crippen LogP contribution in [0, 0.1) is 12.8 Å². The molecule has 0 bridgehead atoms. The van der Waals surface area contributed by atoms with Crippen LogP contribution in [0.4, 0.5) is 0 Å². The van der Waals surface area contributed by atoms with E-state index < -0.39 is 12.0 Å². The van der Waals surface area contributed by atoms with Gasteiger partial charge in [-0.1, -0.05) is 25.4 Å². The number of rotatable bonds is 6. The molecule has 0 saturated heterocycles. The quantitative estimate of drug-likeness (QED) is 0.819. The smallest absolute Gasteiger partial charge is 0.328 e. The Morgan fingerprint density at radius 2 is 2.00 bits per heavy atom. The molecule has 0 spiro atoms. The molecule has 1 aromatic rings. The van der Waals surface area contributed by atoms with Crippen LogP contribution in [0.3, 0.4) is 0 Å². The summed E-state index contributed by atoms with van der Waals surface area (Å²) < 4.78 is 10.1. The monoisotopic (exact) mass is 313 g/mol. The van der Waals surface area contributed by atoms with Gasteiger partial charge in [0, 0.05) is 5.02 Å². The third-order valence-corrected chi connectivity index (χ3v) is 3.17. The SMILES string of the molecule is COC(=O)C(NC(=O)COc1ccc(Cl)cc1C)C(C)C. The minimum atomic E-state index is -0.683. The lowest BCUT2D eigenvalue weighted by Gasteiger charge is -2.20. The Labute approximate surface area is 129 Å². The zero-order chi connectivity index (χ0) is 16.0. The van der Waals surface area contributed by atoms with Gasteiger partial charge in [0.05, 0.1) is 7.11 Å². The molecule has 0 aliphatic carbocycles. The second-order valence-corrected chi connectivity index (χ2v) is 5.45. The molecule has 1 amide bonds. The van der Waals surface area contributed by atoms with E-state index in [1.54, 1.807) is 18.2 Å². The zero-order valence-electron chi connectivity index (χ0n) is 12.6. The molecule has 0 saturated carbocycles. The van der Waals surface area contributed by atoms with Gasteiger partial charge in [0.25, 0.3) is 5.91 Å². The van der Waals surface area contributed by atoms with E-state index in [1.165, 1.54) is 7.11 Å². The summed E-state index contributed by atoms with van der Waals surface area (Å²) in [5, 5.41) is 3.21. The largest absolute Gasteiger partial charge is 0.484 e. The number of hydrogen-bond acceptors (Lipinski definition) is 4. The summed E-state index contributed by atoms with van der Waals surface area (Å²) in [4.78, 5) is 23.4. The lowest BCUT2D eigenvalue weighted by Crippen LogP contribution is -2.46. The van der Waals surface area contributed by atoms with Crippen molar-refractivity contribution in [1.82, 2.24) is 5.32 Å². The number of amides is 1. The molecule has 1 N–H and O–H groups in total. The van der Waals surface area contributed by atoms with E-state index in [-0.39, 0.29) is 18.4 Å². The van der Waals surface area contributed by atoms with Crippen molar-refractivity contribution in [2.24, 2.45) is 5.92 Å². The molecule has 1 atom stereocenters. The third-order valence-electron chi connectivity index (χ3n) is 2.93. The van der Waals surface area contributed by atoms with Gasteiger partial charge in [0.15, 0.2) is 6.61 Å². The zero-order valence-corrected chi connectivity index (χ0v) is 13.4. The standard InChI is InChI=1S/C15H20ClNO4/c1-9(2)14(15(19)20-4)17-13(18)8-21-12-6-5-11(16)7-10(12)3/h5-7,9,14H,8H2,1-4H3,(H,17,18). The van der Waals surface area contributed by atoms with Gasteiger partial charge in [-0.25, -0.2) is 4.79 Å². The topological polar surface area (TPSA) is 64.6 Å². The Kier molecular flexibility index (Phi) is 6.49. The molecule has 0 radical (unpaired) electrons. The molecular formula is C15H20ClNO4. The first-order valence-corrected chi connectivity index (χ1v) is 6.99. The van der Waals surface area contributed by atoms with Crippen LogP contribution in [0.5, 0.6) is 5.75 Å². The molecule has 5 nitrogen and oxygen atoms in total. The predicted octanol–water partition coefficient (Wildman–Crippen LogP) is 2.34. The normalized spacial score (nSPS) is 11.9. The highest BCUT2D eigenvalue weighted by molar-refractivity contribution is 6.30. The van der Waals surface area contributed by atoms with E-state index in [0.717, 1.165) is 5.56 Å². The number of halogens is 1. The fourth-order valence-electron chi connectivity index (χ4n) is 1.76. The van der Waals surface area contributed by atoms with E-state index in [4.69, 9.17) is 16.3 Å². The summed E-state index contributed by atoms with van der Waals surface area (Å²) in [5.74, 6) is -0.346. The fourth-order valence-corrected chi connectivity index (χ4v) is 1.98. The van der Waals surface area contributed by atoms with Crippen molar-refractivity contribution in [1.29, 1.82) is 0 Å². The van der Waals surface area contributed by atoms with Gasteiger partial charge in [-0.05, 0) is 36.6 Å². The molecule has 1 rings (SSSR count). The summed E-state index contributed by atoms with van der Waals surface area (Å²) in [6.07, 6.45) is 0. The molecule has 0 heterocycles. The number of carbonyl (C=O) groups excluding carboxylic acids is 2. The average Bonchev–Trinajstić information content (AvgIpc) is 2.42. The van der Waals surface area contributed by atoms with Crippen LogP contribution in [-0.4, -0.2) is 31.6 Å². The van der Waals surface area contributed by atoms with E-state index in [0.29, 0.717) is 10.8 Å². The van der Waals surface area contributed by atoms with E-state index in [2.05, 4.69) is 10.1 Å². The Morgan fingerprint density at radius 3 is 2.52 bits per heavy atom. The number of aryl methyl sites for hydroxylation is 1. The highest BCUT2D eigenvalue weighted by atomic mass is 35.5. The molecular weight excluding hydrogens is 294 g/mol. The Morgan fingerprint density at radius 1 is 1.33 bits per heavy atom. The number of nitrogens with one attached hydrogen (secondary N) is 1. The summed E-state index contributed by atoms with van der Waals surface area (Å²) in [5.41, 5.74) is 0.837. The van der Waals surface area contributed by atoms with Crippen LogP contribution < -0.4 is 10.1 Å². The molecule has 116 valence electrons. The second kappa shape index (κ2) is 7.88. The molecule has 21 heavy (non-hydrogen) atoms. The summed E-state index contributed by atoms with van der Waals surface area (Å²) in [6.45, 7) is 5.31. The van der Waals surface area contributed by atoms with Crippen molar-refractivity contribution in [2.45, 2.75) is 26.8 Å². The fraction of sp³-hybridized carbons (Fsp3) is 0.467. The molecule has 1 unspecified atom stereocenters. The van der Waals surface area contributed by atoms with Crippen molar-refractivity contribution in [3.05, 3.63) is 28.8 Å². The maximum Gasteiger partial charge on any atom is 0.328 e. The van der Waals surface area contributed by atoms with Crippen molar-refractivity contribution in [3.63, 3.8) is 0 Å². The van der Waals surface area contributed by atoms with E-state index >= 15 is 0 Å². The van der Waals surface area contributed by atoms with E-state index in [9.17, 15) is 9.59 Å². The van der Waals surface area contributed by atoms with Crippen molar-refractivity contribution in [3.8, 4) is 5.75 Å². The highest BCUT2D eigenvalue weighted by Gasteiger charge is 2.24. The van der Waals surface area contributed by atoms with Crippen LogP contribution in [-0.2, 0) is 14.3 Å². The summed E-state index contributed by atoms with van der Waals surface area (Å²) >= 11 is 5.85. The molecule has 0 aliphatic heterocycles. The van der Waals surface area contributed by atoms with Gasteiger partial charge in [-0.15, -0.1) is 0 Å².